The van der Waals surface area contributed by atoms with Crippen LogP contribution in [-0.2, 0) is 4.79 Å². The molecule has 0 fully saturated rings. The maximum absolute atomic E-state index is 12.0. The van der Waals surface area contributed by atoms with Crippen molar-refractivity contribution >= 4 is 23.2 Å². The summed E-state index contributed by atoms with van der Waals surface area (Å²) in [6, 6.07) is 14.6. The number of hydrogen-bond acceptors (Lipinski definition) is 3. The van der Waals surface area contributed by atoms with Crippen LogP contribution in [-0.4, -0.2) is 17.5 Å². The van der Waals surface area contributed by atoms with Crippen LogP contribution < -0.4 is 10.7 Å². The second-order valence-corrected chi connectivity index (χ2v) is 5.68. The highest BCUT2D eigenvalue weighted by Gasteiger charge is 2.07. The molecular formula is C19H21N3O2. The molecule has 2 aromatic rings. The van der Waals surface area contributed by atoms with Gasteiger partial charge in [-0.3, -0.25) is 9.59 Å². The Hall–Kier alpha value is -2.95. The van der Waals surface area contributed by atoms with E-state index in [1.165, 1.54) is 5.56 Å². The number of nitrogens with zero attached hydrogens (tertiary/aromatic N) is 1. The quantitative estimate of drug-likeness (QED) is 0.653. The van der Waals surface area contributed by atoms with E-state index < -0.39 is 0 Å². The van der Waals surface area contributed by atoms with Gasteiger partial charge in [0.25, 0.3) is 5.91 Å². The predicted octanol–water partition coefficient (Wildman–Crippen LogP) is 3.44. The first-order valence-electron chi connectivity index (χ1n) is 7.71. The second-order valence-electron chi connectivity index (χ2n) is 5.68. The number of nitrogens with one attached hydrogen (secondary N) is 2. The van der Waals surface area contributed by atoms with Gasteiger partial charge in [0, 0.05) is 17.0 Å². The summed E-state index contributed by atoms with van der Waals surface area (Å²) < 4.78 is 0. The fourth-order valence-corrected chi connectivity index (χ4v) is 2.10. The Labute approximate surface area is 141 Å². The molecule has 124 valence electrons. The number of carbonyl (C=O) groups excluding carboxylic acids is 2. The van der Waals surface area contributed by atoms with Crippen LogP contribution in [0.5, 0.6) is 0 Å². The molecule has 0 atom stereocenters. The molecule has 0 aliphatic rings. The first-order valence-corrected chi connectivity index (χ1v) is 7.71. The number of amides is 2. The van der Waals surface area contributed by atoms with E-state index in [2.05, 4.69) is 15.8 Å². The lowest BCUT2D eigenvalue weighted by atomic mass is 10.1. The molecule has 0 spiro atoms. The van der Waals surface area contributed by atoms with Crippen molar-refractivity contribution in [3.63, 3.8) is 0 Å². The third-order valence-corrected chi connectivity index (χ3v) is 3.59. The summed E-state index contributed by atoms with van der Waals surface area (Å²) in [5, 5.41) is 6.80. The molecule has 0 heterocycles. The molecule has 0 saturated carbocycles. The molecule has 5 nitrogen and oxygen atoms in total. The molecule has 2 aromatic carbocycles. The number of hydrogen-bond donors (Lipinski definition) is 2. The van der Waals surface area contributed by atoms with Crippen molar-refractivity contribution in [3.8, 4) is 0 Å². The number of anilines is 1. The lowest BCUT2D eigenvalue weighted by Crippen LogP contribution is -2.21. The Balaban J connectivity index is 1.88. The molecule has 0 aromatic heterocycles. The number of benzene rings is 2. The predicted molar refractivity (Wildman–Crippen MR) is 96.2 cm³/mol. The summed E-state index contributed by atoms with van der Waals surface area (Å²) in [5.74, 6) is -0.474. The maximum atomic E-state index is 12.0. The molecule has 0 aliphatic carbocycles. The highest BCUT2D eigenvalue weighted by Crippen LogP contribution is 2.14. The van der Waals surface area contributed by atoms with E-state index in [0.717, 1.165) is 11.3 Å². The Morgan fingerprint density at radius 3 is 2.38 bits per heavy atom. The summed E-state index contributed by atoms with van der Waals surface area (Å²) in [4.78, 5) is 23.9. The number of rotatable bonds is 5. The van der Waals surface area contributed by atoms with Crippen molar-refractivity contribution in [2.75, 3.05) is 5.32 Å². The van der Waals surface area contributed by atoms with Gasteiger partial charge in [-0.25, -0.2) is 5.43 Å². The highest BCUT2D eigenvalue weighted by molar-refractivity contribution is 6.06. The molecule has 0 bridgehead atoms. The summed E-state index contributed by atoms with van der Waals surface area (Å²) in [6.45, 7) is 5.72. The molecule has 2 amide bonds. The Morgan fingerprint density at radius 2 is 1.71 bits per heavy atom. The van der Waals surface area contributed by atoms with Crippen LogP contribution in [0.2, 0.25) is 0 Å². The van der Waals surface area contributed by atoms with Crippen LogP contribution in [0.4, 0.5) is 5.69 Å². The minimum absolute atomic E-state index is 0.113. The van der Waals surface area contributed by atoms with E-state index in [0.29, 0.717) is 11.3 Å². The monoisotopic (exact) mass is 323 g/mol. The van der Waals surface area contributed by atoms with Crippen LogP contribution in [0.25, 0.3) is 0 Å². The zero-order valence-corrected chi connectivity index (χ0v) is 14.1. The smallest absolute Gasteiger partial charge is 0.271 e. The molecule has 0 unspecified atom stereocenters. The standard InChI is InChI=1S/C19H21N3O2/c1-13-9-10-17(11-14(13)2)20-18(23)12-15(3)21-22-19(24)16-7-5-4-6-8-16/h4-11H,12H2,1-3H3,(H,20,23)(H,22,24)/b21-15-. The highest BCUT2D eigenvalue weighted by atomic mass is 16.2. The average Bonchev–Trinajstić information content (AvgIpc) is 2.56. The third-order valence-electron chi connectivity index (χ3n) is 3.59. The van der Waals surface area contributed by atoms with E-state index in [-0.39, 0.29) is 18.2 Å². The van der Waals surface area contributed by atoms with Gasteiger partial charge in [0.05, 0.1) is 6.42 Å². The van der Waals surface area contributed by atoms with E-state index in [1.54, 1.807) is 31.2 Å². The topological polar surface area (TPSA) is 70.6 Å². The van der Waals surface area contributed by atoms with Crippen molar-refractivity contribution in [1.82, 2.24) is 5.43 Å². The summed E-state index contributed by atoms with van der Waals surface area (Å²) >= 11 is 0. The van der Waals surface area contributed by atoms with Crippen LogP contribution in [0.15, 0.2) is 53.6 Å². The number of aryl methyl sites for hydroxylation is 2. The molecule has 2 rings (SSSR count). The third kappa shape index (κ3) is 5.05. The van der Waals surface area contributed by atoms with E-state index >= 15 is 0 Å². The van der Waals surface area contributed by atoms with Gasteiger partial charge >= 0.3 is 0 Å². The number of carbonyl (C=O) groups is 2. The summed E-state index contributed by atoms with van der Waals surface area (Å²) in [6.07, 6.45) is 0.113. The van der Waals surface area contributed by atoms with Gasteiger partial charge in [-0.15, -0.1) is 0 Å². The van der Waals surface area contributed by atoms with Crippen LogP contribution >= 0.6 is 0 Å². The zero-order chi connectivity index (χ0) is 17.5. The van der Waals surface area contributed by atoms with Gasteiger partial charge in [-0.05, 0) is 56.2 Å². The molecule has 5 heteroatoms. The first kappa shape index (κ1) is 17.4. The van der Waals surface area contributed by atoms with Gasteiger partial charge in [-0.2, -0.15) is 5.10 Å². The Bertz CT molecular complexity index is 767. The van der Waals surface area contributed by atoms with Crippen molar-refractivity contribution in [2.45, 2.75) is 27.2 Å². The van der Waals surface area contributed by atoms with Gasteiger partial charge in [0.1, 0.15) is 0 Å². The van der Waals surface area contributed by atoms with Gasteiger partial charge < -0.3 is 5.32 Å². The van der Waals surface area contributed by atoms with Crippen molar-refractivity contribution in [1.29, 1.82) is 0 Å². The minimum atomic E-state index is -0.301. The fraction of sp³-hybridized carbons (Fsp3) is 0.211. The van der Waals surface area contributed by atoms with Gasteiger partial charge in [0.2, 0.25) is 5.91 Å². The van der Waals surface area contributed by atoms with E-state index in [4.69, 9.17) is 0 Å². The normalized spacial score (nSPS) is 11.0. The average molecular weight is 323 g/mol. The second kappa shape index (κ2) is 8.06. The van der Waals surface area contributed by atoms with E-state index in [1.807, 2.05) is 38.1 Å². The summed E-state index contributed by atoms with van der Waals surface area (Å²) in [7, 11) is 0. The Morgan fingerprint density at radius 1 is 1.00 bits per heavy atom. The number of hydrazone groups is 1. The molecule has 24 heavy (non-hydrogen) atoms. The Kier molecular flexibility index (Phi) is 5.84. The fourth-order valence-electron chi connectivity index (χ4n) is 2.10. The van der Waals surface area contributed by atoms with Crippen molar-refractivity contribution < 1.29 is 9.59 Å². The molecular weight excluding hydrogens is 302 g/mol. The SMILES string of the molecule is C/C(CC(=O)Nc1ccc(C)c(C)c1)=N/NC(=O)c1ccccc1. The maximum Gasteiger partial charge on any atom is 0.271 e. The zero-order valence-electron chi connectivity index (χ0n) is 14.1. The van der Waals surface area contributed by atoms with Crippen molar-refractivity contribution in [3.05, 3.63) is 65.2 Å². The van der Waals surface area contributed by atoms with Crippen LogP contribution in [0, 0.1) is 13.8 Å². The minimum Gasteiger partial charge on any atom is -0.326 e. The van der Waals surface area contributed by atoms with E-state index in [9.17, 15) is 9.59 Å². The lowest BCUT2D eigenvalue weighted by Gasteiger charge is -2.08. The lowest BCUT2D eigenvalue weighted by molar-refractivity contribution is -0.115. The van der Waals surface area contributed by atoms with Crippen LogP contribution in [0.1, 0.15) is 34.8 Å². The van der Waals surface area contributed by atoms with Crippen molar-refractivity contribution in [2.24, 2.45) is 5.10 Å². The van der Waals surface area contributed by atoms with Gasteiger partial charge in [0.15, 0.2) is 0 Å². The molecule has 0 aliphatic heterocycles. The molecule has 0 radical (unpaired) electrons. The largest absolute Gasteiger partial charge is 0.326 e. The summed E-state index contributed by atoms with van der Waals surface area (Å²) in [5.41, 5.74) is 6.55. The first-order chi connectivity index (χ1) is 11.5. The molecule has 2 N–H and O–H groups in total. The van der Waals surface area contributed by atoms with Gasteiger partial charge in [-0.1, -0.05) is 24.3 Å². The van der Waals surface area contributed by atoms with Crippen LogP contribution in [0.3, 0.4) is 0 Å². The molecule has 0 saturated heterocycles.